The van der Waals surface area contributed by atoms with Crippen molar-refractivity contribution in [2.24, 2.45) is 0 Å². The van der Waals surface area contributed by atoms with E-state index in [-0.39, 0.29) is 17.2 Å². The molecule has 0 radical (unpaired) electrons. The zero-order chi connectivity index (χ0) is 19.1. The van der Waals surface area contributed by atoms with E-state index < -0.39 is 11.2 Å². The summed E-state index contributed by atoms with van der Waals surface area (Å²) in [6, 6.07) is 3.31. The van der Waals surface area contributed by atoms with Gasteiger partial charge in [0.1, 0.15) is 17.0 Å². The van der Waals surface area contributed by atoms with Gasteiger partial charge in [0.15, 0.2) is 0 Å². The molecule has 2 aliphatic rings. The molecule has 0 saturated carbocycles. The van der Waals surface area contributed by atoms with Crippen LogP contribution in [-0.4, -0.2) is 70.6 Å². The molecule has 2 heterocycles. The van der Waals surface area contributed by atoms with Crippen molar-refractivity contribution in [3.63, 3.8) is 0 Å². The summed E-state index contributed by atoms with van der Waals surface area (Å²) in [7, 11) is 0. The molecule has 0 aromatic heterocycles. The van der Waals surface area contributed by atoms with Gasteiger partial charge >= 0.3 is 0 Å². The summed E-state index contributed by atoms with van der Waals surface area (Å²) in [6.45, 7) is 8.54. The van der Waals surface area contributed by atoms with Gasteiger partial charge < -0.3 is 19.8 Å². The van der Waals surface area contributed by atoms with E-state index in [9.17, 15) is 20.3 Å². The Bertz CT molecular complexity index is 695. The van der Waals surface area contributed by atoms with Crippen LogP contribution in [-0.2, 0) is 6.42 Å². The first-order chi connectivity index (χ1) is 12.1. The lowest BCUT2D eigenvalue weighted by Gasteiger charge is -2.38. The lowest BCUT2D eigenvalue weighted by molar-refractivity contribution is -0.384. The molecule has 1 fully saturated rings. The topological polar surface area (TPSA) is 99.3 Å². The highest BCUT2D eigenvalue weighted by Gasteiger charge is 2.37. The molecule has 0 spiro atoms. The van der Waals surface area contributed by atoms with E-state index in [4.69, 9.17) is 4.74 Å². The second-order valence-corrected chi connectivity index (χ2v) is 8.17. The number of hydrogen-bond donors (Lipinski definition) is 2. The Balaban J connectivity index is 1.81. The van der Waals surface area contributed by atoms with Crippen molar-refractivity contribution >= 4 is 11.4 Å². The number of benzene rings is 1. The van der Waals surface area contributed by atoms with E-state index in [1.165, 1.54) is 0 Å². The van der Waals surface area contributed by atoms with Gasteiger partial charge in [0.25, 0.3) is 5.69 Å². The van der Waals surface area contributed by atoms with Crippen LogP contribution in [0.1, 0.15) is 26.3 Å². The van der Waals surface area contributed by atoms with Crippen LogP contribution < -0.4 is 9.64 Å². The number of fused-ring (bicyclic) bond motifs is 1. The number of hydrogen-bond acceptors (Lipinski definition) is 7. The molecule has 26 heavy (non-hydrogen) atoms. The van der Waals surface area contributed by atoms with E-state index in [0.717, 1.165) is 18.7 Å². The molecule has 0 bridgehead atoms. The predicted molar refractivity (Wildman–Crippen MR) is 97.9 cm³/mol. The average molecular weight is 365 g/mol. The fraction of sp³-hybridized carbons (Fsp3) is 0.667. The van der Waals surface area contributed by atoms with Crippen molar-refractivity contribution in [3.8, 4) is 5.75 Å². The summed E-state index contributed by atoms with van der Waals surface area (Å²) < 4.78 is 5.85. The summed E-state index contributed by atoms with van der Waals surface area (Å²) in [6.07, 6.45) is 0.458. The summed E-state index contributed by atoms with van der Waals surface area (Å²) >= 11 is 0. The van der Waals surface area contributed by atoms with Crippen LogP contribution in [0.3, 0.4) is 0 Å². The van der Waals surface area contributed by atoms with Gasteiger partial charge in [-0.1, -0.05) is 0 Å². The molecule has 2 N–H and O–H groups in total. The van der Waals surface area contributed by atoms with Crippen molar-refractivity contribution in [1.29, 1.82) is 0 Å². The zero-order valence-electron chi connectivity index (χ0n) is 15.6. The lowest BCUT2D eigenvalue weighted by atomic mass is 9.99. The Hall–Kier alpha value is -1.90. The van der Waals surface area contributed by atoms with Gasteiger partial charge in [0, 0.05) is 56.8 Å². The molecule has 1 atom stereocenters. The van der Waals surface area contributed by atoms with Gasteiger partial charge in [-0.05, 0) is 20.8 Å². The summed E-state index contributed by atoms with van der Waals surface area (Å²) in [4.78, 5) is 15.4. The number of piperazine rings is 1. The molecule has 144 valence electrons. The van der Waals surface area contributed by atoms with Crippen molar-refractivity contribution in [1.82, 2.24) is 4.90 Å². The number of anilines is 1. The van der Waals surface area contributed by atoms with E-state index in [1.807, 2.05) is 4.90 Å². The predicted octanol–water partition coefficient (Wildman–Crippen LogP) is 1.17. The van der Waals surface area contributed by atoms with Gasteiger partial charge in [0.05, 0.1) is 17.1 Å². The maximum Gasteiger partial charge on any atom is 0.293 e. The van der Waals surface area contributed by atoms with Crippen LogP contribution in [0.25, 0.3) is 0 Å². The van der Waals surface area contributed by atoms with Crippen LogP contribution >= 0.6 is 0 Å². The van der Waals surface area contributed by atoms with Crippen LogP contribution in [0.15, 0.2) is 12.1 Å². The zero-order valence-corrected chi connectivity index (χ0v) is 15.6. The second kappa shape index (κ2) is 6.68. The number of nitro groups is 1. The van der Waals surface area contributed by atoms with Crippen LogP contribution in [0.2, 0.25) is 0 Å². The molecule has 1 aromatic carbocycles. The highest BCUT2D eigenvalue weighted by molar-refractivity contribution is 5.69. The number of ether oxygens (including phenoxy) is 1. The summed E-state index contributed by atoms with van der Waals surface area (Å²) in [5, 5.41) is 31.1. The Morgan fingerprint density at radius 3 is 2.50 bits per heavy atom. The molecule has 3 rings (SSSR count). The summed E-state index contributed by atoms with van der Waals surface area (Å²) in [5.41, 5.74) is -0.0909. The third-order valence-corrected chi connectivity index (χ3v) is 4.93. The smallest absolute Gasteiger partial charge is 0.293 e. The van der Waals surface area contributed by atoms with Gasteiger partial charge in [-0.15, -0.1) is 0 Å². The fourth-order valence-electron chi connectivity index (χ4n) is 3.72. The third-order valence-electron chi connectivity index (χ3n) is 4.93. The number of nitrogens with zero attached hydrogens (tertiary/aromatic N) is 3. The van der Waals surface area contributed by atoms with E-state index in [1.54, 1.807) is 32.9 Å². The Morgan fingerprint density at radius 1 is 1.31 bits per heavy atom. The molecule has 0 amide bonds. The average Bonchev–Trinajstić information content (AvgIpc) is 2.89. The largest absolute Gasteiger partial charge is 0.484 e. The van der Waals surface area contributed by atoms with E-state index >= 15 is 0 Å². The van der Waals surface area contributed by atoms with E-state index in [0.29, 0.717) is 37.5 Å². The molecule has 8 heteroatoms. The molecule has 0 aliphatic carbocycles. The second-order valence-electron chi connectivity index (χ2n) is 8.17. The third kappa shape index (κ3) is 3.92. The number of aliphatic hydroxyl groups excluding tert-OH is 1. The Morgan fingerprint density at radius 2 is 1.96 bits per heavy atom. The van der Waals surface area contributed by atoms with Crippen molar-refractivity contribution in [2.45, 2.75) is 38.4 Å². The molecule has 8 nitrogen and oxygen atoms in total. The minimum absolute atomic E-state index is 0.0745. The van der Waals surface area contributed by atoms with Crippen molar-refractivity contribution < 1.29 is 19.9 Å². The molecule has 1 unspecified atom stereocenters. The quantitative estimate of drug-likeness (QED) is 0.597. The lowest BCUT2D eigenvalue weighted by Crippen LogP contribution is -2.50. The Labute approximate surface area is 153 Å². The van der Waals surface area contributed by atoms with E-state index in [2.05, 4.69) is 4.90 Å². The van der Waals surface area contributed by atoms with Gasteiger partial charge in [-0.2, -0.15) is 0 Å². The Kier molecular flexibility index (Phi) is 4.85. The van der Waals surface area contributed by atoms with Crippen LogP contribution in [0.4, 0.5) is 11.4 Å². The summed E-state index contributed by atoms with van der Waals surface area (Å²) in [5.74, 6) is 0.612. The highest BCUT2D eigenvalue weighted by Crippen LogP contribution is 2.42. The minimum Gasteiger partial charge on any atom is -0.484 e. The van der Waals surface area contributed by atoms with Crippen molar-refractivity contribution in [3.05, 3.63) is 27.8 Å². The van der Waals surface area contributed by atoms with Crippen LogP contribution in [0.5, 0.6) is 5.75 Å². The number of β-amino-alcohol motifs (C(OH)–C–C–N with tert-alkyl or cyclic N) is 1. The maximum absolute atomic E-state index is 11.6. The SMILES string of the molecule is CC(C)(O)CN1CCN(c2cc3c(cc2[N+](=O)[O-])CC(C)(CO)O3)CC1. The molecule has 2 aliphatic heterocycles. The molecular formula is C18H27N3O5. The standard InChI is InChI=1S/C18H27N3O5/c1-17(2,23)11-19-4-6-20(7-5-19)14-9-16-13(8-15(14)21(24)25)10-18(3,12-22)26-16/h8-9,22-23H,4-7,10-12H2,1-3H3. The number of aliphatic hydroxyl groups is 2. The van der Waals surface area contributed by atoms with Crippen LogP contribution in [0, 0.1) is 10.1 Å². The first kappa shape index (κ1) is 18.9. The monoisotopic (exact) mass is 365 g/mol. The first-order valence-electron chi connectivity index (χ1n) is 8.91. The minimum atomic E-state index is -0.760. The normalized spacial score (nSPS) is 23.7. The van der Waals surface area contributed by atoms with Gasteiger partial charge in [-0.25, -0.2) is 0 Å². The highest BCUT2D eigenvalue weighted by atomic mass is 16.6. The molecule has 1 saturated heterocycles. The van der Waals surface area contributed by atoms with Gasteiger partial charge in [-0.3, -0.25) is 15.0 Å². The fourth-order valence-corrected chi connectivity index (χ4v) is 3.72. The van der Waals surface area contributed by atoms with Crippen molar-refractivity contribution in [2.75, 3.05) is 44.2 Å². The number of nitro benzene ring substituents is 1. The molecule has 1 aromatic rings. The maximum atomic E-state index is 11.6. The molecular weight excluding hydrogens is 338 g/mol. The first-order valence-corrected chi connectivity index (χ1v) is 8.91. The number of rotatable bonds is 5. The van der Waals surface area contributed by atoms with Gasteiger partial charge in [0.2, 0.25) is 0 Å².